The maximum atomic E-state index is 11.5. The molecule has 102 valence electrons. The minimum atomic E-state index is -0.419. The Morgan fingerprint density at radius 1 is 0.950 bits per heavy atom. The average Bonchev–Trinajstić information content (AvgIpc) is 2.52. The Labute approximate surface area is 118 Å². The second-order valence-corrected chi connectivity index (χ2v) is 4.23. The summed E-state index contributed by atoms with van der Waals surface area (Å²) < 4.78 is 4.84. The third-order valence-electron chi connectivity index (χ3n) is 2.74. The molecule has 0 atom stereocenters. The van der Waals surface area contributed by atoms with Crippen molar-refractivity contribution in [2.24, 2.45) is 0 Å². The van der Waals surface area contributed by atoms with Gasteiger partial charge in [0.25, 0.3) is 0 Å². The molecule has 0 aliphatic carbocycles. The van der Waals surface area contributed by atoms with Crippen LogP contribution in [0.2, 0.25) is 0 Å². The normalized spacial score (nSPS) is 10.7. The first-order valence-electron chi connectivity index (χ1n) is 6.41. The first kappa shape index (κ1) is 14.0. The van der Waals surface area contributed by atoms with Crippen molar-refractivity contribution in [3.05, 3.63) is 71.3 Å². The monoisotopic (exact) mass is 268 g/mol. The van der Waals surface area contributed by atoms with Gasteiger partial charge >= 0.3 is 5.97 Å². The molecule has 2 aromatic carbocycles. The van der Waals surface area contributed by atoms with E-state index in [1.54, 1.807) is 12.1 Å². The van der Waals surface area contributed by atoms with Crippen molar-refractivity contribution in [1.29, 1.82) is 0 Å². The lowest BCUT2D eigenvalue weighted by Crippen LogP contribution is -2.08. The summed E-state index contributed by atoms with van der Waals surface area (Å²) in [7, 11) is 0. The van der Waals surface area contributed by atoms with Crippen LogP contribution in [0.25, 0.3) is 12.2 Å². The van der Waals surface area contributed by atoms with Crippen LogP contribution in [0.15, 0.2) is 54.6 Å². The molecule has 0 aliphatic rings. The van der Waals surface area contributed by atoms with E-state index in [0.717, 1.165) is 11.1 Å². The first-order valence-corrected chi connectivity index (χ1v) is 6.41. The van der Waals surface area contributed by atoms with Gasteiger partial charge in [-0.05, 0) is 23.3 Å². The number of carbonyl (C=O) groups is 1. The predicted octanol–water partition coefficient (Wildman–Crippen LogP) is 3.01. The van der Waals surface area contributed by atoms with Gasteiger partial charge in [-0.2, -0.15) is 0 Å². The number of aliphatic hydroxyl groups is 1. The summed E-state index contributed by atoms with van der Waals surface area (Å²) in [6, 6.07) is 17.1. The van der Waals surface area contributed by atoms with Gasteiger partial charge in [0.15, 0.2) is 0 Å². The Balaban J connectivity index is 2.01. The highest BCUT2D eigenvalue weighted by molar-refractivity contribution is 5.89. The highest BCUT2D eigenvalue weighted by Crippen LogP contribution is 2.10. The highest BCUT2D eigenvalue weighted by atomic mass is 16.5. The van der Waals surface area contributed by atoms with Gasteiger partial charge in [-0.1, -0.05) is 54.6 Å². The standard InChI is InChI=1S/C17H16O3/c18-12-13-20-17(19)16-10-8-15(9-11-16)7-6-14-4-2-1-3-5-14/h1-11,18H,12-13H2. The van der Waals surface area contributed by atoms with Crippen molar-refractivity contribution < 1.29 is 14.6 Å². The van der Waals surface area contributed by atoms with E-state index in [9.17, 15) is 4.79 Å². The van der Waals surface area contributed by atoms with Gasteiger partial charge in [-0.3, -0.25) is 0 Å². The van der Waals surface area contributed by atoms with Crippen molar-refractivity contribution in [3.63, 3.8) is 0 Å². The number of hydrogen-bond donors (Lipinski definition) is 1. The van der Waals surface area contributed by atoms with Gasteiger partial charge in [-0.15, -0.1) is 0 Å². The fraction of sp³-hybridized carbons (Fsp3) is 0.118. The quantitative estimate of drug-likeness (QED) is 0.669. The molecule has 0 unspecified atom stereocenters. The minimum absolute atomic E-state index is 0.0223. The largest absolute Gasteiger partial charge is 0.460 e. The van der Waals surface area contributed by atoms with E-state index in [1.807, 2.05) is 54.6 Å². The molecule has 20 heavy (non-hydrogen) atoms. The zero-order valence-electron chi connectivity index (χ0n) is 11.0. The molecule has 2 aromatic rings. The van der Waals surface area contributed by atoms with Crippen molar-refractivity contribution in [2.75, 3.05) is 13.2 Å². The maximum absolute atomic E-state index is 11.5. The van der Waals surface area contributed by atoms with E-state index >= 15 is 0 Å². The van der Waals surface area contributed by atoms with E-state index in [1.165, 1.54) is 0 Å². The number of carbonyl (C=O) groups excluding carboxylic acids is 1. The molecule has 0 amide bonds. The van der Waals surface area contributed by atoms with Gasteiger partial charge in [0.1, 0.15) is 6.61 Å². The zero-order chi connectivity index (χ0) is 14.2. The zero-order valence-corrected chi connectivity index (χ0v) is 11.0. The van der Waals surface area contributed by atoms with Crippen LogP contribution in [-0.2, 0) is 4.74 Å². The Kier molecular flexibility index (Phi) is 5.09. The molecule has 0 aliphatic heterocycles. The molecule has 3 nitrogen and oxygen atoms in total. The summed E-state index contributed by atoms with van der Waals surface area (Å²) in [4.78, 5) is 11.5. The molecule has 0 radical (unpaired) electrons. The Hall–Kier alpha value is -2.39. The van der Waals surface area contributed by atoms with Crippen molar-refractivity contribution in [1.82, 2.24) is 0 Å². The van der Waals surface area contributed by atoms with Crippen LogP contribution in [0, 0.1) is 0 Å². The summed E-state index contributed by atoms with van der Waals surface area (Å²) >= 11 is 0. The predicted molar refractivity (Wildman–Crippen MR) is 79.2 cm³/mol. The highest BCUT2D eigenvalue weighted by Gasteiger charge is 2.05. The Morgan fingerprint density at radius 3 is 2.15 bits per heavy atom. The third kappa shape index (κ3) is 4.07. The van der Waals surface area contributed by atoms with Gasteiger partial charge in [0, 0.05) is 0 Å². The summed E-state index contributed by atoms with van der Waals surface area (Å²) in [5.74, 6) is -0.419. The summed E-state index contributed by atoms with van der Waals surface area (Å²) in [5, 5.41) is 8.60. The second kappa shape index (κ2) is 7.26. The lowest BCUT2D eigenvalue weighted by Gasteiger charge is -2.02. The van der Waals surface area contributed by atoms with E-state index in [-0.39, 0.29) is 13.2 Å². The smallest absolute Gasteiger partial charge is 0.338 e. The van der Waals surface area contributed by atoms with E-state index in [4.69, 9.17) is 9.84 Å². The maximum Gasteiger partial charge on any atom is 0.338 e. The van der Waals surface area contributed by atoms with Crippen molar-refractivity contribution in [3.8, 4) is 0 Å². The number of ether oxygens (including phenoxy) is 1. The van der Waals surface area contributed by atoms with Crippen molar-refractivity contribution >= 4 is 18.1 Å². The van der Waals surface area contributed by atoms with Crippen LogP contribution in [0.3, 0.4) is 0 Å². The Bertz CT molecular complexity index is 571. The summed E-state index contributed by atoms with van der Waals surface area (Å²) in [6.45, 7) is -0.141. The molecule has 0 heterocycles. The molecule has 0 spiro atoms. The number of rotatable bonds is 5. The first-order chi connectivity index (χ1) is 9.79. The molecule has 0 bridgehead atoms. The van der Waals surface area contributed by atoms with Crippen LogP contribution in [0.1, 0.15) is 21.5 Å². The molecule has 3 heteroatoms. The topological polar surface area (TPSA) is 46.5 Å². The van der Waals surface area contributed by atoms with Crippen LogP contribution in [0.4, 0.5) is 0 Å². The second-order valence-electron chi connectivity index (χ2n) is 4.23. The van der Waals surface area contributed by atoms with Gasteiger partial charge in [-0.25, -0.2) is 4.79 Å². The van der Waals surface area contributed by atoms with Crippen LogP contribution >= 0.6 is 0 Å². The average molecular weight is 268 g/mol. The number of aliphatic hydroxyl groups excluding tert-OH is 1. The van der Waals surface area contributed by atoms with E-state index in [2.05, 4.69) is 0 Å². The number of benzene rings is 2. The van der Waals surface area contributed by atoms with Crippen LogP contribution < -0.4 is 0 Å². The minimum Gasteiger partial charge on any atom is -0.460 e. The molecule has 0 saturated heterocycles. The van der Waals surface area contributed by atoms with E-state index in [0.29, 0.717) is 5.56 Å². The lowest BCUT2D eigenvalue weighted by molar-refractivity contribution is 0.0434. The Morgan fingerprint density at radius 2 is 1.55 bits per heavy atom. The third-order valence-corrected chi connectivity index (χ3v) is 2.74. The van der Waals surface area contributed by atoms with E-state index < -0.39 is 5.97 Å². The molecule has 0 fully saturated rings. The number of hydrogen-bond acceptors (Lipinski definition) is 3. The molecule has 1 N–H and O–H groups in total. The summed E-state index contributed by atoms with van der Waals surface area (Å²) in [5.41, 5.74) is 2.61. The SMILES string of the molecule is O=C(OCCO)c1ccc(C=Cc2ccccc2)cc1. The fourth-order valence-corrected chi connectivity index (χ4v) is 1.71. The van der Waals surface area contributed by atoms with Crippen LogP contribution in [0.5, 0.6) is 0 Å². The van der Waals surface area contributed by atoms with Gasteiger partial charge in [0.05, 0.1) is 12.2 Å². The summed E-state index contributed by atoms with van der Waals surface area (Å²) in [6.07, 6.45) is 4.00. The molecular weight excluding hydrogens is 252 g/mol. The van der Waals surface area contributed by atoms with Gasteiger partial charge in [0.2, 0.25) is 0 Å². The molecule has 2 rings (SSSR count). The van der Waals surface area contributed by atoms with Gasteiger partial charge < -0.3 is 9.84 Å². The lowest BCUT2D eigenvalue weighted by atomic mass is 10.1. The van der Waals surface area contributed by atoms with Crippen LogP contribution in [-0.4, -0.2) is 24.3 Å². The molecule has 0 saturated carbocycles. The molecule has 0 aromatic heterocycles. The fourth-order valence-electron chi connectivity index (χ4n) is 1.71. The number of esters is 1. The van der Waals surface area contributed by atoms with Crippen molar-refractivity contribution in [2.45, 2.75) is 0 Å². The molecular formula is C17H16O3.